The number of morpholine rings is 1. The number of sulfone groups is 1. The van der Waals surface area contributed by atoms with Crippen molar-refractivity contribution in [3.8, 4) is 0 Å². The highest BCUT2D eigenvalue weighted by atomic mass is 35.5. The number of aromatic nitrogens is 1. The molecule has 1 aromatic heterocycles. The molecule has 1 aliphatic heterocycles. The molecule has 1 saturated heterocycles. The molecule has 1 N–H and O–H groups in total. The van der Waals surface area contributed by atoms with E-state index < -0.39 is 15.7 Å². The van der Waals surface area contributed by atoms with Gasteiger partial charge in [-0.2, -0.15) is 0 Å². The van der Waals surface area contributed by atoms with E-state index in [1.54, 1.807) is 25.3 Å². The van der Waals surface area contributed by atoms with E-state index in [1.807, 2.05) is 34.9 Å². The quantitative estimate of drug-likeness (QED) is 0.420. The molecular formula is C27H32ClN3O5S. The summed E-state index contributed by atoms with van der Waals surface area (Å²) in [5.41, 5.74) is 2.20. The Balaban J connectivity index is 1.64. The number of hydrogen-bond donors (Lipinski definition) is 1. The Kier molecular flexibility index (Phi) is 9.02. The zero-order valence-corrected chi connectivity index (χ0v) is 22.5. The number of carbonyl (C=O) groups is 1. The molecule has 0 aliphatic carbocycles. The van der Waals surface area contributed by atoms with E-state index in [0.29, 0.717) is 48.6 Å². The van der Waals surface area contributed by atoms with Crippen LogP contribution in [0, 0.1) is 0 Å². The average Bonchev–Trinajstić information content (AvgIpc) is 2.90. The van der Waals surface area contributed by atoms with Gasteiger partial charge < -0.3 is 14.6 Å². The normalized spacial score (nSPS) is 14.6. The largest absolute Gasteiger partial charge is 0.379 e. The van der Waals surface area contributed by atoms with Crippen molar-refractivity contribution in [1.82, 2.24) is 14.8 Å². The summed E-state index contributed by atoms with van der Waals surface area (Å²) in [5, 5.41) is 3.87. The summed E-state index contributed by atoms with van der Waals surface area (Å²) in [6, 6.07) is 12.8. The minimum absolute atomic E-state index is 0.0309. The van der Waals surface area contributed by atoms with E-state index in [9.17, 15) is 18.0 Å². The minimum Gasteiger partial charge on any atom is -0.379 e. The van der Waals surface area contributed by atoms with Gasteiger partial charge in [-0.25, -0.2) is 8.42 Å². The van der Waals surface area contributed by atoms with Gasteiger partial charge in [0.25, 0.3) is 5.91 Å². The van der Waals surface area contributed by atoms with Crippen LogP contribution in [0.5, 0.6) is 0 Å². The Bertz CT molecular complexity index is 1410. The number of nitrogens with zero attached hydrogens (tertiary/aromatic N) is 2. The summed E-state index contributed by atoms with van der Waals surface area (Å²) in [6.45, 7) is 5.93. The Morgan fingerprint density at radius 1 is 1.08 bits per heavy atom. The van der Waals surface area contributed by atoms with Crippen molar-refractivity contribution in [2.24, 2.45) is 0 Å². The molecule has 4 rings (SSSR count). The number of ether oxygens (including phenoxy) is 1. The lowest BCUT2D eigenvalue weighted by Crippen LogP contribution is -2.35. The maximum atomic E-state index is 13.5. The topological polar surface area (TPSA) is 97.7 Å². The van der Waals surface area contributed by atoms with Gasteiger partial charge in [0.05, 0.1) is 24.5 Å². The van der Waals surface area contributed by atoms with E-state index in [4.69, 9.17) is 16.3 Å². The standard InChI is InChI=1S/C27H32ClN3O5S/c1-2-37(34,35)15-3-10-31-19-24(27(33)29-17-20-4-7-22(28)8-5-20)26(32)23-16-21(6-9-25(23)31)18-30-11-13-36-14-12-30/h4-9,16,19H,2-3,10-15,17-18H2,1H3,(H,29,33). The fourth-order valence-corrected chi connectivity index (χ4v) is 5.37. The molecule has 0 radical (unpaired) electrons. The third-order valence-corrected chi connectivity index (χ3v) is 8.60. The molecule has 1 aliphatic rings. The maximum Gasteiger partial charge on any atom is 0.257 e. The fourth-order valence-electron chi connectivity index (χ4n) is 4.39. The van der Waals surface area contributed by atoms with Crippen molar-refractivity contribution in [2.75, 3.05) is 37.8 Å². The molecule has 0 unspecified atom stereocenters. The van der Waals surface area contributed by atoms with Gasteiger partial charge in [-0.1, -0.05) is 36.7 Å². The highest BCUT2D eigenvalue weighted by Crippen LogP contribution is 2.18. The third kappa shape index (κ3) is 7.19. The average molecular weight is 546 g/mol. The summed E-state index contributed by atoms with van der Waals surface area (Å²) < 4.78 is 31.3. The SMILES string of the molecule is CCS(=O)(=O)CCCn1cc(C(=O)NCc2ccc(Cl)cc2)c(=O)c2cc(CN3CCOCC3)ccc21. The number of aryl methyl sites for hydroxylation is 1. The first-order valence-electron chi connectivity index (χ1n) is 12.4. The number of amides is 1. The fraction of sp³-hybridized carbons (Fsp3) is 0.407. The Labute approximate surface area is 222 Å². The van der Waals surface area contributed by atoms with Gasteiger partial charge in [0.15, 0.2) is 0 Å². The predicted molar refractivity (Wildman–Crippen MR) is 146 cm³/mol. The highest BCUT2D eigenvalue weighted by molar-refractivity contribution is 7.91. The molecule has 0 spiro atoms. The number of benzene rings is 2. The molecule has 8 nitrogen and oxygen atoms in total. The first-order valence-corrected chi connectivity index (χ1v) is 14.6. The molecule has 2 aromatic carbocycles. The molecule has 0 bridgehead atoms. The highest BCUT2D eigenvalue weighted by Gasteiger charge is 2.18. The maximum absolute atomic E-state index is 13.5. The Morgan fingerprint density at radius 3 is 2.49 bits per heavy atom. The van der Waals surface area contributed by atoms with Gasteiger partial charge >= 0.3 is 0 Å². The number of fused-ring (bicyclic) bond motifs is 1. The van der Waals surface area contributed by atoms with Gasteiger partial charge in [-0.3, -0.25) is 14.5 Å². The summed E-state index contributed by atoms with van der Waals surface area (Å²) in [5.74, 6) is -0.346. The monoisotopic (exact) mass is 545 g/mol. The second-order valence-corrected chi connectivity index (χ2v) is 12.1. The number of carbonyl (C=O) groups excluding carboxylic acids is 1. The third-order valence-electron chi connectivity index (χ3n) is 6.56. The molecule has 10 heteroatoms. The van der Waals surface area contributed by atoms with Gasteiger partial charge in [0.1, 0.15) is 15.4 Å². The lowest BCUT2D eigenvalue weighted by molar-refractivity contribution is 0.0342. The number of pyridine rings is 1. The van der Waals surface area contributed by atoms with Crippen molar-refractivity contribution in [3.63, 3.8) is 0 Å². The molecule has 2 heterocycles. The zero-order chi connectivity index (χ0) is 26.4. The number of halogens is 1. The summed E-state index contributed by atoms with van der Waals surface area (Å²) in [6.07, 6.45) is 1.93. The molecule has 1 amide bonds. The predicted octanol–water partition coefficient (Wildman–Crippen LogP) is 3.24. The Hall–Kier alpha value is -2.72. The van der Waals surface area contributed by atoms with Crippen LogP contribution < -0.4 is 10.7 Å². The van der Waals surface area contributed by atoms with Gasteiger partial charge in [0, 0.05) is 55.1 Å². The van der Waals surface area contributed by atoms with Gasteiger partial charge in [0.2, 0.25) is 5.43 Å². The molecule has 198 valence electrons. The summed E-state index contributed by atoms with van der Waals surface area (Å²) >= 11 is 5.94. The molecular weight excluding hydrogens is 514 g/mol. The first-order chi connectivity index (χ1) is 17.8. The molecule has 3 aromatic rings. The van der Waals surface area contributed by atoms with E-state index >= 15 is 0 Å². The van der Waals surface area contributed by atoms with Crippen LogP contribution in [0.3, 0.4) is 0 Å². The minimum atomic E-state index is -3.12. The van der Waals surface area contributed by atoms with Gasteiger partial charge in [-0.15, -0.1) is 0 Å². The van der Waals surface area contributed by atoms with Crippen molar-refractivity contribution < 1.29 is 17.9 Å². The van der Waals surface area contributed by atoms with Crippen LogP contribution in [-0.4, -0.2) is 61.6 Å². The zero-order valence-electron chi connectivity index (χ0n) is 20.9. The van der Waals surface area contributed by atoms with Crippen molar-refractivity contribution in [2.45, 2.75) is 33.0 Å². The lowest BCUT2D eigenvalue weighted by Gasteiger charge is -2.26. The van der Waals surface area contributed by atoms with Crippen LogP contribution in [0.1, 0.15) is 34.8 Å². The number of rotatable bonds is 10. The lowest BCUT2D eigenvalue weighted by atomic mass is 10.1. The van der Waals surface area contributed by atoms with Crippen LogP contribution in [-0.2, 0) is 34.2 Å². The first kappa shape index (κ1) is 27.3. The second-order valence-electron chi connectivity index (χ2n) is 9.20. The molecule has 1 fully saturated rings. The van der Waals surface area contributed by atoms with Gasteiger partial charge in [-0.05, 0) is 41.8 Å². The van der Waals surface area contributed by atoms with Crippen molar-refractivity contribution in [1.29, 1.82) is 0 Å². The van der Waals surface area contributed by atoms with Crippen LogP contribution in [0.15, 0.2) is 53.5 Å². The van der Waals surface area contributed by atoms with Crippen molar-refractivity contribution in [3.05, 3.63) is 80.6 Å². The molecule has 0 atom stereocenters. The van der Waals surface area contributed by atoms with Crippen LogP contribution >= 0.6 is 11.6 Å². The van der Waals surface area contributed by atoms with E-state index in [-0.39, 0.29) is 29.0 Å². The van der Waals surface area contributed by atoms with Crippen LogP contribution in [0.2, 0.25) is 5.02 Å². The Morgan fingerprint density at radius 2 is 1.78 bits per heavy atom. The summed E-state index contributed by atoms with van der Waals surface area (Å²) in [4.78, 5) is 28.9. The van der Waals surface area contributed by atoms with Crippen molar-refractivity contribution >= 4 is 38.2 Å². The number of hydrogen-bond acceptors (Lipinski definition) is 6. The second kappa shape index (κ2) is 12.2. The molecule has 0 saturated carbocycles. The summed E-state index contributed by atoms with van der Waals surface area (Å²) in [7, 11) is -3.12. The van der Waals surface area contributed by atoms with E-state index in [0.717, 1.165) is 24.2 Å². The smallest absolute Gasteiger partial charge is 0.257 e. The number of nitrogens with one attached hydrogen (secondary N) is 1. The van der Waals surface area contributed by atoms with Crippen LogP contribution in [0.4, 0.5) is 0 Å². The van der Waals surface area contributed by atoms with Crippen LogP contribution in [0.25, 0.3) is 10.9 Å². The van der Waals surface area contributed by atoms with E-state index in [2.05, 4.69) is 10.2 Å². The molecule has 37 heavy (non-hydrogen) atoms. The van der Waals surface area contributed by atoms with E-state index in [1.165, 1.54) is 0 Å².